The van der Waals surface area contributed by atoms with Crippen LogP contribution in [0.2, 0.25) is 0 Å². The van der Waals surface area contributed by atoms with Gasteiger partial charge in [-0.25, -0.2) is 0 Å². The normalized spacial score (nSPS) is 10.2. The summed E-state index contributed by atoms with van der Waals surface area (Å²) in [4.78, 5) is 22.8. The van der Waals surface area contributed by atoms with Crippen LogP contribution in [0, 0.1) is 10.1 Å². The van der Waals surface area contributed by atoms with Gasteiger partial charge in [0.2, 0.25) is 5.91 Å². The van der Waals surface area contributed by atoms with Gasteiger partial charge < -0.3 is 10.6 Å². The monoisotopic (exact) mass is 347 g/mol. The van der Waals surface area contributed by atoms with Crippen molar-refractivity contribution < 1.29 is 9.72 Å². The van der Waals surface area contributed by atoms with Crippen LogP contribution in [0.1, 0.15) is 0 Å². The molecule has 3 rings (SSSR count). The second-order valence-electron chi connectivity index (χ2n) is 5.59. The van der Waals surface area contributed by atoms with Crippen LogP contribution in [0.4, 0.5) is 17.1 Å². The second-order valence-corrected chi connectivity index (χ2v) is 5.59. The van der Waals surface area contributed by atoms with E-state index in [9.17, 15) is 14.9 Å². The third kappa shape index (κ3) is 4.05. The van der Waals surface area contributed by atoms with Gasteiger partial charge in [-0.1, -0.05) is 60.7 Å². The lowest BCUT2D eigenvalue weighted by molar-refractivity contribution is -0.383. The third-order valence-corrected chi connectivity index (χ3v) is 3.83. The highest BCUT2D eigenvalue weighted by molar-refractivity contribution is 5.97. The Morgan fingerprint density at radius 2 is 1.46 bits per heavy atom. The maximum Gasteiger partial charge on any atom is 0.292 e. The van der Waals surface area contributed by atoms with E-state index in [1.807, 2.05) is 54.6 Å². The van der Waals surface area contributed by atoms with E-state index in [2.05, 4.69) is 10.6 Å². The van der Waals surface area contributed by atoms with E-state index < -0.39 is 4.92 Å². The molecule has 0 aliphatic rings. The van der Waals surface area contributed by atoms with E-state index in [4.69, 9.17) is 0 Å². The van der Waals surface area contributed by atoms with Crippen LogP contribution in [-0.2, 0) is 4.79 Å². The molecule has 1 amide bonds. The molecule has 6 nitrogen and oxygen atoms in total. The lowest BCUT2D eigenvalue weighted by Gasteiger charge is -2.12. The zero-order valence-electron chi connectivity index (χ0n) is 13.9. The first kappa shape index (κ1) is 17.2. The minimum Gasteiger partial charge on any atom is -0.371 e. The van der Waals surface area contributed by atoms with Crippen LogP contribution in [0.25, 0.3) is 11.1 Å². The fourth-order valence-corrected chi connectivity index (χ4v) is 2.61. The van der Waals surface area contributed by atoms with Gasteiger partial charge in [0.25, 0.3) is 5.69 Å². The molecule has 6 heteroatoms. The lowest BCUT2D eigenvalue weighted by atomic mass is 10.0. The zero-order chi connectivity index (χ0) is 18.4. The van der Waals surface area contributed by atoms with Gasteiger partial charge in [0.05, 0.1) is 11.5 Å². The number of carbonyl (C=O) groups is 1. The maximum absolute atomic E-state index is 12.3. The Morgan fingerprint density at radius 3 is 2.19 bits per heavy atom. The van der Waals surface area contributed by atoms with Gasteiger partial charge >= 0.3 is 0 Å². The molecule has 0 aromatic heterocycles. The Bertz CT molecular complexity index is 926. The molecular weight excluding hydrogens is 330 g/mol. The Balaban J connectivity index is 1.71. The summed E-state index contributed by atoms with van der Waals surface area (Å²) in [6.07, 6.45) is 0. The molecule has 0 unspecified atom stereocenters. The molecule has 130 valence electrons. The Labute approximate surface area is 150 Å². The molecule has 2 N–H and O–H groups in total. The highest BCUT2D eigenvalue weighted by atomic mass is 16.6. The van der Waals surface area contributed by atoms with Crippen molar-refractivity contribution in [2.24, 2.45) is 0 Å². The van der Waals surface area contributed by atoms with E-state index in [0.717, 1.165) is 11.1 Å². The van der Waals surface area contributed by atoms with Gasteiger partial charge in [0, 0.05) is 17.3 Å². The molecule has 0 aliphatic heterocycles. The topological polar surface area (TPSA) is 84.3 Å². The summed E-state index contributed by atoms with van der Waals surface area (Å²) in [5, 5.41) is 16.7. The van der Waals surface area contributed by atoms with E-state index in [1.165, 1.54) is 6.07 Å². The predicted octanol–water partition coefficient (Wildman–Crippen LogP) is 4.31. The fourth-order valence-electron chi connectivity index (χ4n) is 2.61. The van der Waals surface area contributed by atoms with Crippen molar-refractivity contribution in [3.05, 3.63) is 89.0 Å². The zero-order valence-corrected chi connectivity index (χ0v) is 13.9. The lowest BCUT2D eigenvalue weighted by Crippen LogP contribution is -2.22. The molecule has 26 heavy (non-hydrogen) atoms. The summed E-state index contributed by atoms with van der Waals surface area (Å²) in [7, 11) is 0. The van der Waals surface area contributed by atoms with Crippen molar-refractivity contribution in [1.82, 2.24) is 0 Å². The first-order chi connectivity index (χ1) is 12.6. The highest BCUT2D eigenvalue weighted by Gasteiger charge is 2.13. The summed E-state index contributed by atoms with van der Waals surface area (Å²) < 4.78 is 0. The van der Waals surface area contributed by atoms with Gasteiger partial charge in [-0.3, -0.25) is 14.9 Å². The Morgan fingerprint density at radius 1 is 0.846 bits per heavy atom. The van der Waals surface area contributed by atoms with Gasteiger partial charge in [-0.2, -0.15) is 0 Å². The van der Waals surface area contributed by atoms with Crippen LogP contribution in [0.3, 0.4) is 0 Å². The average molecular weight is 347 g/mol. The number of carbonyl (C=O) groups excluding carboxylic acids is 1. The number of nitro benzene ring substituents is 1. The van der Waals surface area contributed by atoms with Crippen LogP contribution >= 0.6 is 0 Å². The number of amides is 1. The first-order valence-corrected chi connectivity index (χ1v) is 8.07. The molecule has 3 aromatic rings. The molecule has 0 radical (unpaired) electrons. The molecule has 0 spiro atoms. The summed E-state index contributed by atoms with van der Waals surface area (Å²) in [6, 6.07) is 23.5. The van der Waals surface area contributed by atoms with E-state index in [1.54, 1.807) is 18.2 Å². The Kier molecular flexibility index (Phi) is 5.24. The molecule has 0 saturated carbocycles. The molecular formula is C20H17N3O3. The summed E-state index contributed by atoms with van der Waals surface area (Å²) >= 11 is 0. The molecule has 3 aromatic carbocycles. The molecule has 0 saturated heterocycles. The minimum absolute atomic E-state index is 0.0648. The van der Waals surface area contributed by atoms with Crippen molar-refractivity contribution in [2.45, 2.75) is 0 Å². The van der Waals surface area contributed by atoms with Crippen LogP contribution < -0.4 is 10.6 Å². The number of anilines is 2. The van der Waals surface area contributed by atoms with Crippen molar-refractivity contribution in [3.8, 4) is 11.1 Å². The number of benzene rings is 3. The van der Waals surface area contributed by atoms with Gasteiger partial charge in [-0.05, 0) is 17.7 Å². The van der Waals surface area contributed by atoms with Crippen molar-refractivity contribution >= 4 is 23.0 Å². The predicted molar refractivity (Wildman–Crippen MR) is 102 cm³/mol. The van der Waals surface area contributed by atoms with Crippen LogP contribution in [-0.4, -0.2) is 17.4 Å². The largest absolute Gasteiger partial charge is 0.371 e. The Hall–Kier alpha value is -3.67. The number of nitrogens with zero attached hydrogens (tertiary/aromatic N) is 1. The number of para-hydroxylation sites is 3. The van der Waals surface area contributed by atoms with Crippen LogP contribution in [0.5, 0.6) is 0 Å². The summed E-state index contributed by atoms with van der Waals surface area (Å²) in [6.45, 7) is -0.0754. The van der Waals surface area contributed by atoms with E-state index in [0.29, 0.717) is 11.4 Å². The van der Waals surface area contributed by atoms with Gasteiger partial charge in [-0.15, -0.1) is 0 Å². The van der Waals surface area contributed by atoms with E-state index >= 15 is 0 Å². The SMILES string of the molecule is O=C(CNc1ccccc1[N+](=O)[O-])Nc1ccccc1-c1ccccc1. The van der Waals surface area contributed by atoms with E-state index in [-0.39, 0.29) is 18.1 Å². The molecule has 0 aliphatic carbocycles. The van der Waals surface area contributed by atoms with Crippen molar-refractivity contribution in [2.75, 3.05) is 17.2 Å². The number of rotatable bonds is 6. The summed E-state index contributed by atoms with van der Waals surface area (Å²) in [5.74, 6) is -0.286. The minimum atomic E-state index is -0.481. The fraction of sp³-hybridized carbons (Fsp3) is 0.0500. The smallest absolute Gasteiger partial charge is 0.292 e. The first-order valence-electron chi connectivity index (χ1n) is 8.07. The summed E-state index contributed by atoms with van der Waals surface area (Å²) in [5.41, 5.74) is 2.84. The van der Waals surface area contributed by atoms with Gasteiger partial charge in [0.15, 0.2) is 0 Å². The quantitative estimate of drug-likeness (QED) is 0.514. The molecule has 0 heterocycles. The molecule has 0 fully saturated rings. The van der Waals surface area contributed by atoms with Gasteiger partial charge in [0.1, 0.15) is 5.69 Å². The highest BCUT2D eigenvalue weighted by Crippen LogP contribution is 2.27. The number of hydrogen-bond donors (Lipinski definition) is 2. The number of hydrogen-bond acceptors (Lipinski definition) is 4. The number of nitro groups is 1. The standard InChI is InChI=1S/C20H17N3O3/c24-20(14-21-18-12-6-7-13-19(18)23(25)26)22-17-11-5-4-10-16(17)15-8-2-1-3-9-15/h1-13,21H,14H2,(H,22,24). The maximum atomic E-state index is 12.3. The second kappa shape index (κ2) is 7.94. The molecule has 0 atom stereocenters. The van der Waals surface area contributed by atoms with Crippen LogP contribution in [0.15, 0.2) is 78.9 Å². The molecule has 0 bridgehead atoms. The number of nitrogens with one attached hydrogen (secondary N) is 2. The van der Waals surface area contributed by atoms with Crippen molar-refractivity contribution in [1.29, 1.82) is 0 Å². The third-order valence-electron chi connectivity index (χ3n) is 3.83. The van der Waals surface area contributed by atoms with Crippen molar-refractivity contribution in [3.63, 3.8) is 0 Å². The average Bonchev–Trinajstić information content (AvgIpc) is 2.67.